The minimum Gasteiger partial charge on any atom is -0.493 e. The Labute approximate surface area is 117 Å². The van der Waals surface area contributed by atoms with Crippen molar-refractivity contribution < 1.29 is 4.74 Å². The Morgan fingerprint density at radius 1 is 1.21 bits per heavy atom. The molecule has 1 saturated carbocycles. The summed E-state index contributed by atoms with van der Waals surface area (Å²) in [7, 11) is 0. The molecule has 0 saturated heterocycles. The van der Waals surface area contributed by atoms with Gasteiger partial charge in [0.05, 0.1) is 6.61 Å². The molecule has 0 aliphatic heterocycles. The van der Waals surface area contributed by atoms with E-state index in [4.69, 9.17) is 4.74 Å². The predicted molar refractivity (Wildman–Crippen MR) is 81.8 cm³/mol. The average Bonchev–Trinajstić information content (AvgIpc) is 2.91. The van der Waals surface area contributed by atoms with Crippen LogP contribution in [0.2, 0.25) is 0 Å². The van der Waals surface area contributed by atoms with Gasteiger partial charge < -0.3 is 10.1 Å². The van der Waals surface area contributed by atoms with Crippen molar-refractivity contribution in [2.24, 2.45) is 11.8 Å². The van der Waals surface area contributed by atoms with Crippen LogP contribution in [0.1, 0.15) is 46.5 Å². The van der Waals surface area contributed by atoms with E-state index in [1.165, 1.54) is 31.4 Å². The number of hydrogen-bond donors (Lipinski definition) is 1. The van der Waals surface area contributed by atoms with Crippen molar-refractivity contribution in [2.45, 2.75) is 52.5 Å². The molecule has 1 fully saturated rings. The Kier molecular flexibility index (Phi) is 5.12. The van der Waals surface area contributed by atoms with Gasteiger partial charge in [0.1, 0.15) is 5.75 Å². The molecule has 1 aliphatic rings. The van der Waals surface area contributed by atoms with Gasteiger partial charge in [-0.05, 0) is 43.7 Å². The summed E-state index contributed by atoms with van der Waals surface area (Å²) in [6, 6.07) is 8.91. The van der Waals surface area contributed by atoms with Crippen LogP contribution in [0.4, 0.5) is 5.69 Å². The van der Waals surface area contributed by atoms with Crippen molar-refractivity contribution in [1.82, 2.24) is 0 Å². The number of ether oxygens (including phenoxy) is 1. The van der Waals surface area contributed by atoms with Crippen LogP contribution in [0.3, 0.4) is 0 Å². The van der Waals surface area contributed by atoms with Gasteiger partial charge in [-0.25, -0.2) is 0 Å². The Morgan fingerprint density at radius 2 is 1.95 bits per heavy atom. The molecule has 0 radical (unpaired) electrons. The number of rotatable bonds is 6. The zero-order chi connectivity index (χ0) is 13.7. The fraction of sp³-hybridized carbons (Fsp3) is 0.647. The lowest BCUT2D eigenvalue weighted by Gasteiger charge is -2.22. The topological polar surface area (TPSA) is 21.3 Å². The first-order chi connectivity index (χ1) is 9.15. The molecule has 0 amide bonds. The molecule has 0 heterocycles. The normalized spacial score (nSPS) is 17.7. The lowest BCUT2D eigenvalue weighted by atomic mass is 9.99. The summed E-state index contributed by atoms with van der Waals surface area (Å²) in [4.78, 5) is 0. The highest BCUT2D eigenvalue weighted by atomic mass is 16.5. The molecular formula is C17H27NO. The number of nitrogens with one attached hydrogen (secondary N) is 1. The molecule has 106 valence electrons. The Balaban J connectivity index is 1.90. The van der Waals surface area contributed by atoms with Crippen LogP contribution in [0.25, 0.3) is 0 Å². The molecule has 0 bridgehead atoms. The predicted octanol–water partition coefficient (Wildman–Crippen LogP) is 4.71. The second-order valence-corrected chi connectivity index (χ2v) is 6.21. The van der Waals surface area contributed by atoms with Gasteiger partial charge in [-0.3, -0.25) is 0 Å². The van der Waals surface area contributed by atoms with Crippen molar-refractivity contribution in [3.8, 4) is 5.75 Å². The van der Waals surface area contributed by atoms with Gasteiger partial charge in [0.2, 0.25) is 0 Å². The maximum atomic E-state index is 5.78. The molecule has 2 rings (SSSR count). The summed E-state index contributed by atoms with van der Waals surface area (Å²) >= 11 is 0. The number of benzene rings is 1. The van der Waals surface area contributed by atoms with Crippen LogP contribution in [0.15, 0.2) is 24.3 Å². The Morgan fingerprint density at radius 3 is 2.63 bits per heavy atom. The maximum Gasteiger partial charge on any atom is 0.121 e. The first-order valence-corrected chi connectivity index (χ1v) is 7.64. The van der Waals surface area contributed by atoms with Crippen molar-refractivity contribution in [3.05, 3.63) is 24.3 Å². The Bertz CT molecular complexity index is 383. The fourth-order valence-electron chi connectivity index (χ4n) is 2.78. The first kappa shape index (κ1) is 14.2. The van der Waals surface area contributed by atoms with Gasteiger partial charge in [0.25, 0.3) is 0 Å². The SMILES string of the molecule is CC(C)COc1cccc(NC(C)C2CCCC2)c1. The molecule has 0 spiro atoms. The molecule has 1 aromatic carbocycles. The molecule has 1 aliphatic carbocycles. The molecular weight excluding hydrogens is 234 g/mol. The second-order valence-electron chi connectivity index (χ2n) is 6.21. The largest absolute Gasteiger partial charge is 0.493 e. The van der Waals surface area contributed by atoms with E-state index < -0.39 is 0 Å². The summed E-state index contributed by atoms with van der Waals surface area (Å²) in [5.41, 5.74) is 1.18. The fourth-order valence-corrected chi connectivity index (χ4v) is 2.78. The van der Waals surface area contributed by atoms with Crippen LogP contribution in [-0.4, -0.2) is 12.6 Å². The van der Waals surface area contributed by atoms with E-state index in [0.717, 1.165) is 18.3 Å². The average molecular weight is 261 g/mol. The summed E-state index contributed by atoms with van der Waals surface area (Å²) in [5.74, 6) is 2.37. The summed E-state index contributed by atoms with van der Waals surface area (Å²) in [6.45, 7) is 7.42. The minimum absolute atomic E-state index is 0.558. The highest BCUT2D eigenvalue weighted by Crippen LogP contribution is 2.29. The third-order valence-electron chi connectivity index (χ3n) is 3.92. The van der Waals surface area contributed by atoms with E-state index in [1.54, 1.807) is 0 Å². The molecule has 2 nitrogen and oxygen atoms in total. The smallest absolute Gasteiger partial charge is 0.121 e. The van der Waals surface area contributed by atoms with Crippen molar-refractivity contribution in [1.29, 1.82) is 0 Å². The van der Waals surface area contributed by atoms with Crippen molar-refractivity contribution >= 4 is 5.69 Å². The van der Waals surface area contributed by atoms with Crippen molar-refractivity contribution in [3.63, 3.8) is 0 Å². The van der Waals surface area contributed by atoms with E-state index in [1.807, 2.05) is 6.07 Å². The lowest BCUT2D eigenvalue weighted by molar-refractivity contribution is 0.271. The van der Waals surface area contributed by atoms with E-state index >= 15 is 0 Å². The van der Waals surface area contributed by atoms with Crippen molar-refractivity contribution in [2.75, 3.05) is 11.9 Å². The minimum atomic E-state index is 0.558. The van der Waals surface area contributed by atoms with E-state index in [0.29, 0.717) is 12.0 Å². The third kappa shape index (κ3) is 4.45. The summed E-state index contributed by atoms with van der Waals surface area (Å²) < 4.78 is 5.78. The van der Waals surface area contributed by atoms with Crippen LogP contribution >= 0.6 is 0 Å². The molecule has 1 aromatic rings. The van der Waals surface area contributed by atoms with Crippen LogP contribution in [-0.2, 0) is 0 Å². The highest BCUT2D eigenvalue weighted by Gasteiger charge is 2.21. The number of anilines is 1. The summed E-state index contributed by atoms with van der Waals surface area (Å²) in [5, 5.41) is 3.63. The van der Waals surface area contributed by atoms with E-state index in [-0.39, 0.29) is 0 Å². The lowest BCUT2D eigenvalue weighted by Crippen LogP contribution is -2.23. The van der Waals surface area contributed by atoms with Crippen LogP contribution < -0.4 is 10.1 Å². The quantitative estimate of drug-likeness (QED) is 0.800. The van der Waals surface area contributed by atoms with Crippen LogP contribution in [0.5, 0.6) is 5.75 Å². The zero-order valence-electron chi connectivity index (χ0n) is 12.5. The van der Waals surface area contributed by atoms with E-state index in [2.05, 4.69) is 44.3 Å². The van der Waals surface area contributed by atoms with Gasteiger partial charge in [0, 0.05) is 17.8 Å². The third-order valence-corrected chi connectivity index (χ3v) is 3.92. The monoisotopic (exact) mass is 261 g/mol. The first-order valence-electron chi connectivity index (χ1n) is 7.64. The molecule has 1 unspecified atom stereocenters. The van der Waals surface area contributed by atoms with Crippen LogP contribution in [0, 0.1) is 11.8 Å². The molecule has 19 heavy (non-hydrogen) atoms. The van der Waals surface area contributed by atoms with E-state index in [9.17, 15) is 0 Å². The van der Waals surface area contributed by atoms with Gasteiger partial charge in [-0.2, -0.15) is 0 Å². The number of hydrogen-bond acceptors (Lipinski definition) is 2. The Hall–Kier alpha value is -1.18. The molecule has 1 atom stereocenters. The molecule has 1 N–H and O–H groups in total. The highest BCUT2D eigenvalue weighted by molar-refractivity contribution is 5.48. The molecule has 0 aromatic heterocycles. The van der Waals surface area contributed by atoms with Gasteiger partial charge >= 0.3 is 0 Å². The van der Waals surface area contributed by atoms with Gasteiger partial charge in [-0.15, -0.1) is 0 Å². The summed E-state index contributed by atoms with van der Waals surface area (Å²) in [6.07, 6.45) is 5.54. The second kappa shape index (κ2) is 6.83. The molecule has 2 heteroatoms. The zero-order valence-corrected chi connectivity index (χ0v) is 12.5. The van der Waals surface area contributed by atoms with Gasteiger partial charge in [-0.1, -0.05) is 32.8 Å². The standard InChI is InChI=1S/C17H27NO/c1-13(2)12-19-17-10-6-9-16(11-17)18-14(3)15-7-4-5-8-15/h6,9-11,13-15,18H,4-5,7-8,12H2,1-3H3. The maximum absolute atomic E-state index is 5.78. The van der Waals surface area contributed by atoms with Gasteiger partial charge in [0.15, 0.2) is 0 Å².